The fourth-order valence-corrected chi connectivity index (χ4v) is 2.62. The van der Waals surface area contributed by atoms with Crippen molar-refractivity contribution >= 4 is 22.8 Å². The lowest BCUT2D eigenvalue weighted by atomic mass is 10.3. The standard InChI is InChI=1S/C12H18N2O2S/c1-3-16-7-6-14(2)12-13-11(9-4-5-9)10(8-15)17-12/h8-9H,3-7H2,1-2H3. The number of aromatic nitrogens is 1. The van der Waals surface area contributed by atoms with Gasteiger partial charge in [0.15, 0.2) is 11.4 Å². The molecule has 1 saturated carbocycles. The minimum absolute atomic E-state index is 0.528. The van der Waals surface area contributed by atoms with E-state index >= 15 is 0 Å². The average Bonchev–Trinajstić information content (AvgIpc) is 3.08. The number of anilines is 1. The number of ether oxygens (including phenoxy) is 1. The highest BCUT2D eigenvalue weighted by atomic mass is 32.1. The van der Waals surface area contributed by atoms with E-state index < -0.39 is 0 Å². The molecule has 17 heavy (non-hydrogen) atoms. The molecule has 0 radical (unpaired) electrons. The zero-order valence-electron chi connectivity index (χ0n) is 10.3. The van der Waals surface area contributed by atoms with Crippen molar-refractivity contribution in [1.82, 2.24) is 4.98 Å². The molecule has 0 aliphatic heterocycles. The molecule has 4 nitrogen and oxygen atoms in total. The zero-order chi connectivity index (χ0) is 12.3. The first-order chi connectivity index (χ1) is 8.26. The molecule has 0 saturated heterocycles. The highest BCUT2D eigenvalue weighted by molar-refractivity contribution is 7.17. The number of hydrogen-bond donors (Lipinski definition) is 0. The van der Waals surface area contributed by atoms with Gasteiger partial charge in [-0.15, -0.1) is 0 Å². The lowest BCUT2D eigenvalue weighted by Gasteiger charge is -2.14. The van der Waals surface area contributed by atoms with Gasteiger partial charge in [-0.3, -0.25) is 4.79 Å². The number of nitrogens with zero attached hydrogens (tertiary/aromatic N) is 2. The van der Waals surface area contributed by atoms with Gasteiger partial charge in [0.2, 0.25) is 0 Å². The Morgan fingerprint density at radius 3 is 2.94 bits per heavy atom. The third-order valence-corrected chi connectivity index (χ3v) is 3.95. The maximum Gasteiger partial charge on any atom is 0.186 e. The van der Waals surface area contributed by atoms with Crippen molar-refractivity contribution in [3.05, 3.63) is 10.6 Å². The predicted molar refractivity (Wildman–Crippen MR) is 69.2 cm³/mol. The smallest absolute Gasteiger partial charge is 0.186 e. The molecule has 5 heteroatoms. The second-order valence-corrected chi connectivity index (χ2v) is 5.27. The van der Waals surface area contributed by atoms with Gasteiger partial charge in [-0.1, -0.05) is 11.3 Å². The molecule has 0 N–H and O–H groups in total. The molecular weight excluding hydrogens is 236 g/mol. The van der Waals surface area contributed by atoms with Crippen LogP contribution in [0.2, 0.25) is 0 Å². The minimum atomic E-state index is 0.528. The van der Waals surface area contributed by atoms with E-state index in [1.165, 1.54) is 24.2 Å². The van der Waals surface area contributed by atoms with Crippen molar-refractivity contribution in [1.29, 1.82) is 0 Å². The fourth-order valence-electron chi connectivity index (χ4n) is 1.67. The molecule has 0 amide bonds. The van der Waals surface area contributed by atoms with Crippen LogP contribution in [0, 0.1) is 0 Å². The maximum absolute atomic E-state index is 11.0. The summed E-state index contributed by atoms with van der Waals surface area (Å²) in [5.74, 6) is 0.528. The van der Waals surface area contributed by atoms with Crippen molar-refractivity contribution in [2.45, 2.75) is 25.7 Å². The van der Waals surface area contributed by atoms with Gasteiger partial charge in [-0.2, -0.15) is 0 Å². The van der Waals surface area contributed by atoms with Crippen LogP contribution in [0.15, 0.2) is 0 Å². The van der Waals surface area contributed by atoms with E-state index in [2.05, 4.69) is 9.88 Å². The molecular formula is C12H18N2O2S. The van der Waals surface area contributed by atoms with Crippen LogP contribution in [0.4, 0.5) is 5.13 Å². The van der Waals surface area contributed by atoms with E-state index in [0.29, 0.717) is 12.5 Å². The minimum Gasteiger partial charge on any atom is -0.380 e. The molecule has 94 valence electrons. The molecule has 1 aromatic rings. The van der Waals surface area contributed by atoms with E-state index in [1.54, 1.807) is 0 Å². The Hall–Kier alpha value is -0.940. The van der Waals surface area contributed by atoms with Crippen LogP contribution in [0.25, 0.3) is 0 Å². The van der Waals surface area contributed by atoms with Gasteiger partial charge in [-0.05, 0) is 19.8 Å². The summed E-state index contributed by atoms with van der Waals surface area (Å²) in [5.41, 5.74) is 1.00. The molecule has 0 bridgehead atoms. The predicted octanol–water partition coefficient (Wildman–Crippen LogP) is 2.31. The molecule has 0 aromatic carbocycles. The van der Waals surface area contributed by atoms with Crippen molar-refractivity contribution in [2.75, 3.05) is 31.7 Å². The molecule has 1 heterocycles. The highest BCUT2D eigenvalue weighted by Gasteiger charge is 2.30. The van der Waals surface area contributed by atoms with E-state index in [0.717, 1.165) is 35.1 Å². The summed E-state index contributed by atoms with van der Waals surface area (Å²) in [4.78, 5) is 18.4. The summed E-state index contributed by atoms with van der Waals surface area (Å²) in [6, 6.07) is 0. The molecule has 1 aliphatic rings. The van der Waals surface area contributed by atoms with Gasteiger partial charge in [-0.25, -0.2) is 4.98 Å². The second-order valence-electron chi connectivity index (χ2n) is 4.26. The summed E-state index contributed by atoms with van der Waals surface area (Å²) >= 11 is 1.49. The Morgan fingerprint density at radius 2 is 2.35 bits per heavy atom. The Bertz CT molecular complexity index is 388. The van der Waals surface area contributed by atoms with E-state index in [-0.39, 0.29) is 0 Å². The monoisotopic (exact) mass is 254 g/mol. The van der Waals surface area contributed by atoms with Crippen LogP contribution < -0.4 is 4.90 Å². The molecule has 0 unspecified atom stereocenters. The molecule has 1 aromatic heterocycles. The van der Waals surface area contributed by atoms with Gasteiger partial charge in [0.1, 0.15) is 0 Å². The maximum atomic E-state index is 11.0. The van der Waals surface area contributed by atoms with Crippen molar-refractivity contribution in [3.8, 4) is 0 Å². The van der Waals surface area contributed by atoms with Crippen LogP contribution in [0.5, 0.6) is 0 Å². The first-order valence-electron chi connectivity index (χ1n) is 6.01. The van der Waals surface area contributed by atoms with Gasteiger partial charge in [0.05, 0.1) is 17.2 Å². The third-order valence-electron chi connectivity index (χ3n) is 2.84. The van der Waals surface area contributed by atoms with Crippen LogP contribution in [0.3, 0.4) is 0 Å². The first kappa shape index (κ1) is 12.5. The number of aldehydes is 1. The van der Waals surface area contributed by atoms with Crippen LogP contribution in [-0.4, -0.2) is 38.1 Å². The topological polar surface area (TPSA) is 42.4 Å². The number of thiazole rings is 1. The van der Waals surface area contributed by atoms with Gasteiger partial charge in [0.25, 0.3) is 0 Å². The first-order valence-corrected chi connectivity index (χ1v) is 6.82. The van der Waals surface area contributed by atoms with Gasteiger partial charge < -0.3 is 9.64 Å². The molecule has 1 fully saturated rings. The number of carbonyl (C=O) groups is 1. The van der Waals surface area contributed by atoms with Crippen LogP contribution in [-0.2, 0) is 4.74 Å². The Labute approximate surface area is 106 Å². The lowest BCUT2D eigenvalue weighted by Crippen LogP contribution is -2.22. The van der Waals surface area contributed by atoms with Gasteiger partial charge in [0, 0.05) is 26.1 Å². The average molecular weight is 254 g/mol. The highest BCUT2D eigenvalue weighted by Crippen LogP contribution is 2.43. The lowest BCUT2D eigenvalue weighted by molar-refractivity contribution is 0.112. The van der Waals surface area contributed by atoms with Crippen LogP contribution in [0.1, 0.15) is 41.0 Å². The van der Waals surface area contributed by atoms with E-state index in [4.69, 9.17) is 4.74 Å². The van der Waals surface area contributed by atoms with E-state index in [9.17, 15) is 4.79 Å². The van der Waals surface area contributed by atoms with E-state index in [1.807, 2.05) is 14.0 Å². The Morgan fingerprint density at radius 1 is 1.59 bits per heavy atom. The second kappa shape index (κ2) is 5.60. The SMILES string of the molecule is CCOCCN(C)c1nc(C2CC2)c(C=O)s1. The largest absolute Gasteiger partial charge is 0.380 e. The number of carbonyl (C=O) groups excluding carboxylic acids is 1. The Balaban J connectivity index is 2.02. The summed E-state index contributed by atoms with van der Waals surface area (Å²) in [7, 11) is 1.99. The van der Waals surface area contributed by atoms with Gasteiger partial charge >= 0.3 is 0 Å². The summed E-state index contributed by atoms with van der Waals surface area (Å²) in [6.45, 7) is 4.23. The molecule has 2 rings (SSSR count). The normalized spacial score (nSPS) is 14.9. The van der Waals surface area contributed by atoms with Crippen molar-refractivity contribution < 1.29 is 9.53 Å². The summed E-state index contributed by atoms with van der Waals surface area (Å²) < 4.78 is 5.31. The number of hydrogen-bond acceptors (Lipinski definition) is 5. The quantitative estimate of drug-likeness (QED) is 0.553. The molecule has 1 aliphatic carbocycles. The summed E-state index contributed by atoms with van der Waals surface area (Å²) in [6.07, 6.45) is 3.28. The Kier molecular flexibility index (Phi) is 4.12. The number of likely N-dealkylation sites (N-methyl/N-ethyl adjacent to an activating group) is 1. The molecule has 0 spiro atoms. The van der Waals surface area contributed by atoms with Crippen molar-refractivity contribution in [3.63, 3.8) is 0 Å². The molecule has 0 atom stereocenters. The van der Waals surface area contributed by atoms with Crippen molar-refractivity contribution in [2.24, 2.45) is 0 Å². The van der Waals surface area contributed by atoms with Crippen LogP contribution >= 0.6 is 11.3 Å². The number of rotatable bonds is 7. The third kappa shape index (κ3) is 3.04. The fraction of sp³-hybridized carbons (Fsp3) is 0.667. The summed E-state index contributed by atoms with van der Waals surface area (Å²) in [5, 5.41) is 0.925. The zero-order valence-corrected chi connectivity index (χ0v) is 11.1.